The fourth-order valence-electron chi connectivity index (χ4n) is 3.22. The van der Waals surface area contributed by atoms with Crippen LogP contribution in [0.4, 0.5) is 0 Å². The van der Waals surface area contributed by atoms with Gasteiger partial charge in [0.1, 0.15) is 0 Å². The van der Waals surface area contributed by atoms with Crippen molar-refractivity contribution in [1.82, 2.24) is 0 Å². The van der Waals surface area contributed by atoms with E-state index in [1.54, 1.807) is 0 Å². The minimum absolute atomic E-state index is 0.249. The average Bonchev–Trinajstić information content (AvgIpc) is 2.96. The lowest BCUT2D eigenvalue weighted by Gasteiger charge is -2.15. The van der Waals surface area contributed by atoms with Crippen molar-refractivity contribution in [3.63, 3.8) is 0 Å². The zero-order valence-corrected chi connectivity index (χ0v) is 13.1. The first kappa shape index (κ1) is 14.8. The molecule has 0 aromatic heterocycles. The third-order valence-electron chi connectivity index (χ3n) is 4.31. The summed E-state index contributed by atoms with van der Waals surface area (Å²) in [6, 6.07) is 7.81. The quantitative estimate of drug-likeness (QED) is 0.727. The molecule has 0 N–H and O–H groups in total. The number of hydrogen-bond acceptors (Lipinski definition) is 2. The molecule has 0 radical (unpaired) electrons. The Bertz CT molecular complexity index is 645. The maximum atomic E-state index is 11.8. The van der Waals surface area contributed by atoms with Crippen molar-refractivity contribution >= 4 is 11.5 Å². The minimum Gasteiger partial charge on any atom is -0.462 e. The van der Waals surface area contributed by atoms with Gasteiger partial charge in [0, 0.05) is 0 Å². The Balaban J connectivity index is 1.93. The van der Waals surface area contributed by atoms with E-state index in [4.69, 9.17) is 4.74 Å². The molecule has 1 aromatic rings. The van der Waals surface area contributed by atoms with Crippen LogP contribution in [0.3, 0.4) is 0 Å². The van der Waals surface area contributed by atoms with E-state index < -0.39 is 0 Å². The van der Waals surface area contributed by atoms with Crippen LogP contribution in [0.2, 0.25) is 0 Å². The van der Waals surface area contributed by atoms with Gasteiger partial charge >= 0.3 is 5.97 Å². The van der Waals surface area contributed by atoms with E-state index in [1.165, 1.54) is 35.1 Å². The first-order valence-corrected chi connectivity index (χ1v) is 8.16. The number of allylic oxidation sites excluding steroid dienone is 6. The normalized spacial score (nSPS) is 22.3. The first-order chi connectivity index (χ1) is 10.8. The maximum absolute atomic E-state index is 11.8. The second-order valence-electron chi connectivity index (χ2n) is 5.75. The van der Waals surface area contributed by atoms with Crippen molar-refractivity contribution in [2.24, 2.45) is 0 Å². The number of rotatable bonds is 3. The molecule has 1 aromatic carbocycles. The van der Waals surface area contributed by atoms with Crippen LogP contribution in [0.25, 0.3) is 5.57 Å². The van der Waals surface area contributed by atoms with Crippen LogP contribution in [-0.2, 0) is 4.74 Å². The molecule has 2 aliphatic rings. The number of fused-ring (bicyclic) bond motifs is 1. The summed E-state index contributed by atoms with van der Waals surface area (Å²) >= 11 is 0. The summed E-state index contributed by atoms with van der Waals surface area (Å²) in [4.78, 5) is 11.8. The van der Waals surface area contributed by atoms with Crippen LogP contribution in [0, 0.1) is 0 Å². The highest BCUT2D eigenvalue weighted by molar-refractivity contribution is 5.90. The van der Waals surface area contributed by atoms with Crippen molar-refractivity contribution in [1.29, 1.82) is 0 Å². The Morgan fingerprint density at radius 3 is 2.73 bits per heavy atom. The molecule has 2 aliphatic carbocycles. The van der Waals surface area contributed by atoms with Crippen LogP contribution in [-0.4, -0.2) is 12.6 Å². The molecular formula is C20H22O2. The van der Waals surface area contributed by atoms with Crippen molar-refractivity contribution in [2.45, 2.75) is 39.0 Å². The topological polar surface area (TPSA) is 26.3 Å². The summed E-state index contributed by atoms with van der Waals surface area (Å²) < 4.78 is 5.05. The van der Waals surface area contributed by atoms with Gasteiger partial charge < -0.3 is 4.74 Å². The summed E-state index contributed by atoms with van der Waals surface area (Å²) in [6.07, 6.45) is 12.8. The summed E-state index contributed by atoms with van der Waals surface area (Å²) in [5, 5.41) is 0. The molecule has 114 valence electrons. The second kappa shape index (κ2) is 6.78. The lowest BCUT2D eigenvalue weighted by Crippen LogP contribution is -2.04. The predicted octanol–water partition coefficient (Wildman–Crippen LogP) is 5.08. The van der Waals surface area contributed by atoms with Gasteiger partial charge in [-0.2, -0.15) is 0 Å². The van der Waals surface area contributed by atoms with Gasteiger partial charge in [0.05, 0.1) is 12.2 Å². The van der Waals surface area contributed by atoms with E-state index in [2.05, 4.69) is 18.2 Å². The summed E-state index contributed by atoms with van der Waals surface area (Å²) in [7, 11) is 0. The molecule has 3 rings (SSSR count). The molecule has 2 nitrogen and oxygen atoms in total. The van der Waals surface area contributed by atoms with Gasteiger partial charge in [-0.1, -0.05) is 30.4 Å². The first-order valence-electron chi connectivity index (χ1n) is 8.16. The number of carbonyl (C=O) groups excluding carboxylic acids is 1. The fourth-order valence-corrected chi connectivity index (χ4v) is 3.22. The van der Waals surface area contributed by atoms with Gasteiger partial charge in [-0.3, -0.25) is 0 Å². The summed E-state index contributed by atoms with van der Waals surface area (Å²) in [5.74, 6) is -0.249. The lowest BCUT2D eigenvalue weighted by molar-refractivity contribution is 0.0526. The Morgan fingerprint density at radius 2 is 1.95 bits per heavy atom. The number of benzene rings is 1. The average molecular weight is 294 g/mol. The molecule has 22 heavy (non-hydrogen) atoms. The van der Waals surface area contributed by atoms with Gasteiger partial charge in [-0.15, -0.1) is 0 Å². The Kier molecular flexibility index (Phi) is 4.57. The number of carbonyl (C=O) groups is 1. The Labute approximate surface area is 132 Å². The predicted molar refractivity (Wildman–Crippen MR) is 89.6 cm³/mol. The van der Waals surface area contributed by atoms with E-state index in [-0.39, 0.29) is 5.97 Å². The second-order valence-corrected chi connectivity index (χ2v) is 5.75. The van der Waals surface area contributed by atoms with Crippen LogP contribution >= 0.6 is 0 Å². The number of ether oxygens (including phenoxy) is 1. The minimum atomic E-state index is -0.249. The third-order valence-corrected chi connectivity index (χ3v) is 4.31. The molecule has 0 aliphatic heterocycles. The van der Waals surface area contributed by atoms with Crippen LogP contribution in [0.5, 0.6) is 0 Å². The Morgan fingerprint density at radius 1 is 1.14 bits per heavy atom. The highest BCUT2D eigenvalue weighted by Crippen LogP contribution is 2.37. The van der Waals surface area contributed by atoms with Gasteiger partial charge in [-0.05, 0) is 73.4 Å². The van der Waals surface area contributed by atoms with E-state index in [9.17, 15) is 4.79 Å². The van der Waals surface area contributed by atoms with Gasteiger partial charge in [0.25, 0.3) is 0 Å². The SMILES string of the molecule is CCOC(=O)c1ccc(C2=C3\CCC=C3CCC/C=C\2)cc1. The Hall–Kier alpha value is -2.09. The molecule has 0 unspecified atom stereocenters. The molecule has 0 heterocycles. The van der Waals surface area contributed by atoms with Gasteiger partial charge in [-0.25, -0.2) is 4.79 Å². The summed E-state index contributed by atoms with van der Waals surface area (Å²) in [5.41, 5.74) is 6.13. The molecule has 2 heteroatoms. The highest BCUT2D eigenvalue weighted by Gasteiger charge is 2.17. The summed E-state index contributed by atoms with van der Waals surface area (Å²) in [6.45, 7) is 2.23. The van der Waals surface area contributed by atoms with Crippen LogP contribution in [0.15, 0.2) is 53.6 Å². The van der Waals surface area contributed by atoms with E-state index in [0.717, 1.165) is 19.3 Å². The van der Waals surface area contributed by atoms with E-state index in [0.29, 0.717) is 12.2 Å². The molecule has 0 fully saturated rings. The smallest absolute Gasteiger partial charge is 0.338 e. The highest BCUT2D eigenvalue weighted by atomic mass is 16.5. The number of esters is 1. The number of hydrogen-bond donors (Lipinski definition) is 0. The largest absolute Gasteiger partial charge is 0.462 e. The molecule has 0 amide bonds. The maximum Gasteiger partial charge on any atom is 0.338 e. The van der Waals surface area contributed by atoms with Gasteiger partial charge in [0.2, 0.25) is 0 Å². The van der Waals surface area contributed by atoms with Crippen molar-refractivity contribution < 1.29 is 9.53 Å². The molecular weight excluding hydrogens is 272 g/mol. The van der Waals surface area contributed by atoms with Crippen molar-refractivity contribution in [2.75, 3.05) is 6.61 Å². The molecule has 0 spiro atoms. The molecule has 0 saturated carbocycles. The standard InChI is InChI=1S/C20H22O2/c1-2-22-20(21)17-13-11-16(12-14-17)18-9-5-3-4-7-15-8-6-10-19(15)18/h5,8-9,11-14H,2-4,6-7,10H2,1H3/b9-5-,19-18+. The fraction of sp³-hybridized carbons (Fsp3) is 0.350. The van der Waals surface area contributed by atoms with E-state index in [1.807, 2.05) is 31.2 Å². The molecule has 0 bridgehead atoms. The molecule has 0 saturated heterocycles. The van der Waals surface area contributed by atoms with Crippen LogP contribution < -0.4 is 0 Å². The van der Waals surface area contributed by atoms with Crippen molar-refractivity contribution in [3.8, 4) is 0 Å². The van der Waals surface area contributed by atoms with Crippen molar-refractivity contribution in [3.05, 3.63) is 64.8 Å². The zero-order valence-electron chi connectivity index (χ0n) is 13.1. The zero-order chi connectivity index (χ0) is 15.4. The lowest BCUT2D eigenvalue weighted by atomic mass is 9.90. The third kappa shape index (κ3) is 3.06. The van der Waals surface area contributed by atoms with Crippen LogP contribution in [0.1, 0.15) is 54.9 Å². The van der Waals surface area contributed by atoms with E-state index >= 15 is 0 Å². The van der Waals surface area contributed by atoms with Gasteiger partial charge in [0.15, 0.2) is 0 Å². The molecule has 0 atom stereocenters. The monoisotopic (exact) mass is 294 g/mol.